The van der Waals surface area contributed by atoms with Gasteiger partial charge in [0.1, 0.15) is 5.82 Å². The summed E-state index contributed by atoms with van der Waals surface area (Å²) in [6.45, 7) is 1.85. The van der Waals surface area contributed by atoms with Crippen molar-refractivity contribution in [3.8, 4) is 0 Å². The van der Waals surface area contributed by atoms with E-state index < -0.39 is 0 Å². The average Bonchev–Trinajstić information content (AvgIpc) is 2.28. The first kappa shape index (κ1) is 13.6. The maximum Gasteiger partial charge on any atom is 0.137 e. The second-order valence-electron chi connectivity index (χ2n) is 3.71. The van der Waals surface area contributed by atoms with Gasteiger partial charge in [0.05, 0.1) is 4.47 Å². The van der Waals surface area contributed by atoms with E-state index in [4.69, 9.17) is 5.11 Å². The lowest BCUT2D eigenvalue weighted by atomic mass is 10.2. The van der Waals surface area contributed by atoms with Crippen LogP contribution in [0.3, 0.4) is 0 Å². The number of halogens is 2. The van der Waals surface area contributed by atoms with Crippen LogP contribution in [0.1, 0.15) is 24.8 Å². The number of nitrogens with one attached hydrogen (secondary N) is 1. The molecule has 0 aliphatic heterocycles. The van der Waals surface area contributed by atoms with Gasteiger partial charge < -0.3 is 10.4 Å². The van der Waals surface area contributed by atoms with Gasteiger partial charge >= 0.3 is 0 Å². The highest BCUT2D eigenvalue weighted by Crippen LogP contribution is 2.16. The molecule has 2 nitrogen and oxygen atoms in total. The summed E-state index contributed by atoms with van der Waals surface area (Å²) in [6, 6.07) is 5.15. The third-order valence-corrected chi connectivity index (χ3v) is 2.97. The zero-order valence-corrected chi connectivity index (χ0v) is 10.8. The molecule has 0 radical (unpaired) electrons. The molecule has 0 aliphatic rings. The lowest BCUT2D eigenvalue weighted by molar-refractivity contribution is 0.283. The molecule has 4 heteroatoms. The summed E-state index contributed by atoms with van der Waals surface area (Å²) >= 11 is 3.12. The van der Waals surface area contributed by atoms with Crippen molar-refractivity contribution in [1.82, 2.24) is 5.32 Å². The van der Waals surface area contributed by atoms with Gasteiger partial charge in [-0.1, -0.05) is 6.07 Å². The summed E-state index contributed by atoms with van der Waals surface area (Å²) in [5, 5.41) is 11.8. The van der Waals surface area contributed by atoms with Crippen LogP contribution in [0.2, 0.25) is 0 Å². The fourth-order valence-electron chi connectivity index (χ4n) is 1.42. The SMILES string of the molecule is OCCCCCNCc1ccc(Br)c(F)c1. The first-order valence-corrected chi connectivity index (χ1v) is 6.29. The largest absolute Gasteiger partial charge is 0.396 e. The van der Waals surface area contributed by atoms with E-state index in [2.05, 4.69) is 21.2 Å². The van der Waals surface area contributed by atoms with Crippen LogP contribution >= 0.6 is 15.9 Å². The van der Waals surface area contributed by atoms with Crippen molar-refractivity contribution in [1.29, 1.82) is 0 Å². The van der Waals surface area contributed by atoms with Gasteiger partial charge in [-0.15, -0.1) is 0 Å². The Labute approximate surface area is 104 Å². The smallest absolute Gasteiger partial charge is 0.137 e. The highest BCUT2D eigenvalue weighted by atomic mass is 79.9. The van der Waals surface area contributed by atoms with E-state index in [1.165, 1.54) is 6.07 Å². The van der Waals surface area contributed by atoms with Crippen LogP contribution in [0.4, 0.5) is 4.39 Å². The quantitative estimate of drug-likeness (QED) is 0.757. The normalized spacial score (nSPS) is 10.7. The average molecular weight is 290 g/mol. The zero-order chi connectivity index (χ0) is 11.8. The van der Waals surface area contributed by atoms with Gasteiger partial charge in [-0.05, 0) is 59.4 Å². The molecule has 0 atom stereocenters. The minimum Gasteiger partial charge on any atom is -0.396 e. The van der Waals surface area contributed by atoms with Gasteiger partial charge in [0, 0.05) is 13.2 Å². The Kier molecular flexibility index (Phi) is 6.61. The van der Waals surface area contributed by atoms with E-state index in [0.29, 0.717) is 11.0 Å². The second kappa shape index (κ2) is 7.76. The number of aliphatic hydroxyl groups excluding tert-OH is 1. The molecule has 1 rings (SSSR count). The van der Waals surface area contributed by atoms with Gasteiger partial charge in [-0.25, -0.2) is 4.39 Å². The number of hydrogen-bond acceptors (Lipinski definition) is 2. The predicted octanol–water partition coefficient (Wildman–Crippen LogP) is 2.84. The second-order valence-corrected chi connectivity index (χ2v) is 4.56. The molecule has 0 aromatic heterocycles. The summed E-state index contributed by atoms with van der Waals surface area (Å²) in [4.78, 5) is 0. The Morgan fingerprint density at radius 1 is 1.25 bits per heavy atom. The summed E-state index contributed by atoms with van der Waals surface area (Å²) < 4.78 is 13.7. The van der Waals surface area contributed by atoms with E-state index in [1.54, 1.807) is 6.07 Å². The minimum absolute atomic E-state index is 0.223. The predicted molar refractivity (Wildman–Crippen MR) is 66.7 cm³/mol. The molecule has 0 saturated carbocycles. The lowest BCUT2D eigenvalue weighted by Crippen LogP contribution is -2.14. The Balaban J connectivity index is 2.19. The van der Waals surface area contributed by atoms with Crippen LogP contribution < -0.4 is 5.32 Å². The molecular weight excluding hydrogens is 273 g/mol. The molecule has 0 amide bonds. The summed E-state index contributed by atoms with van der Waals surface area (Å²) in [6.07, 6.45) is 2.92. The highest BCUT2D eigenvalue weighted by Gasteiger charge is 1.99. The van der Waals surface area contributed by atoms with E-state index in [9.17, 15) is 4.39 Å². The van der Waals surface area contributed by atoms with Crippen molar-refractivity contribution < 1.29 is 9.50 Å². The summed E-state index contributed by atoms with van der Waals surface area (Å²) in [5.41, 5.74) is 0.947. The van der Waals surface area contributed by atoms with Crippen LogP contribution in [-0.4, -0.2) is 18.3 Å². The molecule has 16 heavy (non-hydrogen) atoms. The molecule has 0 saturated heterocycles. The van der Waals surface area contributed by atoms with Crippen LogP contribution in [0.5, 0.6) is 0 Å². The summed E-state index contributed by atoms with van der Waals surface area (Å²) in [5.74, 6) is -0.223. The fourth-order valence-corrected chi connectivity index (χ4v) is 1.67. The number of benzene rings is 1. The van der Waals surface area contributed by atoms with E-state index in [-0.39, 0.29) is 12.4 Å². The van der Waals surface area contributed by atoms with Crippen LogP contribution in [-0.2, 0) is 6.54 Å². The third kappa shape index (κ3) is 5.05. The molecule has 0 bridgehead atoms. The highest BCUT2D eigenvalue weighted by molar-refractivity contribution is 9.10. The Morgan fingerprint density at radius 3 is 2.75 bits per heavy atom. The zero-order valence-electron chi connectivity index (χ0n) is 9.18. The molecule has 0 aliphatic carbocycles. The molecule has 0 fully saturated rings. The first-order valence-electron chi connectivity index (χ1n) is 5.49. The van der Waals surface area contributed by atoms with Crippen LogP contribution in [0, 0.1) is 5.82 Å². The van der Waals surface area contributed by atoms with Crippen LogP contribution in [0.15, 0.2) is 22.7 Å². The van der Waals surface area contributed by atoms with Gasteiger partial charge in [-0.3, -0.25) is 0 Å². The monoisotopic (exact) mass is 289 g/mol. The van der Waals surface area contributed by atoms with Gasteiger partial charge in [0.2, 0.25) is 0 Å². The van der Waals surface area contributed by atoms with Crippen molar-refractivity contribution in [3.05, 3.63) is 34.1 Å². The van der Waals surface area contributed by atoms with Crippen molar-refractivity contribution in [2.24, 2.45) is 0 Å². The molecule has 1 aromatic carbocycles. The Hall–Kier alpha value is -0.450. The van der Waals surface area contributed by atoms with Gasteiger partial charge in [0.25, 0.3) is 0 Å². The van der Waals surface area contributed by atoms with Crippen molar-refractivity contribution >= 4 is 15.9 Å². The molecular formula is C12H17BrFNO. The number of hydrogen-bond donors (Lipinski definition) is 2. The molecule has 0 spiro atoms. The van der Waals surface area contributed by atoms with E-state index >= 15 is 0 Å². The minimum atomic E-state index is -0.223. The maximum absolute atomic E-state index is 13.2. The molecule has 90 valence electrons. The van der Waals surface area contributed by atoms with Crippen molar-refractivity contribution in [2.75, 3.05) is 13.2 Å². The molecule has 2 N–H and O–H groups in total. The third-order valence-electron chi connectivity index (χ3n) is 2.32. The van der Waals surface area contributed by atoms with Gasteiger partial charge in [-0.2, -0.15) is 0 Å². The lowest BCUT2D eigenvalue weighted by Gasteiger charge is -2.05. The molecule has 0 unspecified atom stereocenters. The van der Waals surface area contributed by atoms with Crippen molar-refractivity contribution in [3.63, 3.8) is 0 Å². The van der Waals surface area contributed by atoms with E-state index in [0.717, 1.165) is 31.4 Å². The van der Waals surface area contributed by atoms with E-state index in [1.807, 2.05) is 6.07 Å². The number of rotatable bonds is 7. The van der Waals surface area contributed by atoms with Gasteiger partial charge in [0.15, 0.2) is 0 Å². The molecule has 1 aromatic rings. The fraction of sp³-hybridized carbons (Fsp3) is 0.500. The van der Waals surface area contributed by atoms with Crippen molar-refractivity contribution in [2.45, 2.75) is 25.8 Å². The Bertz CT molecular complexity index is 320. The number of aliphatic hydroxyl groups is 1. The topological polar surface area (TPSA) is 32.3 Å². The first-order chi connectivity index (χ1) is 7.74. The standard InChI is InChI=1S/C12H17BrFNO/c13-11-5-4-10(8-12(11)14)9-15-6-2-1-3-7-16/h4-5,8,15-16H,1-3,6-7,9H2. The maximum atomic E-state index is 13.2. The van der Waals surface area contributed by atoms with Crippen LogP contribution in [0.25, 0.3) is 0 Å². The molecule has 0 heterocycles. The number of unbranched alkanes of at least 4 members (excludes halogenated alkanes) is 2. The Morgan fingerprint density at radius 2 is 2.06 bits per heavy atom. The summed E-state index contributed by atoms with van der Waals surface area (Å²) in [7, 11) is 0.